The molecule has 2 N–H and O–H groups in total. The number of ether oxygens (including phenoxy) is 1. The van der Waals surface area contributed by atoms with Gasteiger partial charge in [0.05, 0.1) is 12.1 Å². The van der Waals surface area contributed by atoms with Crippen molar-refractivity contribution >= 4 is 11.8 Å². The molecule has 2 rings (SSSR count). The van der Waals surface area contributed by atoms with Gasteiger partial charge in [-0.25, -0.2) is 4.39 Å². The molecule has 1 heterocycles. The summed E-state index contributed by atoms with van der Waals surface area (Å²) in [4.78, 5) is 24.3. The van der Waals surface area contributed by atoms with E-state index in [1.165, 1.54) is 31.2 Å². The third-order valence-electron chi connectivity index (χ3n) is 4.23. The molecule has 2 amide bonds. The number of hydrazine groups is 1. The molecule has 0 fully saturated rings. The molecule has 8 heteroatoms. The van der Waals surface area contributed by atoms with Crippen LogP contribution in [0.4, 0.5) is 4.39 Å². The van der Waals surface area contributed by atoms with Crippen LogP contribution in [0.5, 0.6) is 5.75 Å². The Bertz CT molecular complexity index is 831. The topological polar surface area (TPSA) is 85.3 Å². The Morgan fingerprint density at radius 2 is 1.79 bits per heavy atom. The summed E-state index contributed by atoms with van der Waals surface area (Å²) >= 11 is 0. The molecule has 7 nitrogen and oxygen atoms in total. The van der Waals surface area contributed by atoms with E-state index in [0.29, 0.717) is 11.7 Å². The largest absolute Gasteiger partial charge is 0.481 e. The number of carbonyl (C=O) groups excluding carboxylic acids is 2. The van der Waals surface area contributed by atoms with Gasteiger partial charge in [-0.3, -0.25) is 25.1 Å². The van der Waals surface area contributed by atoms with Gasteiger partial charge in [-0.2, -0.15) is 5.10 Å². The lowest BCUT2D eigenvalue weighted by Crippen LogP contribution is -2.47. The lowest BCUT2D eigenvalue weighted by Gasteiger charge is -2.15. The maximum absolute atomic E-state index is 12.9. The number of aryl methyl sites for hydroxylation is 1. The van der Waals surface area contributed by atoms with Crippen LogP contribution < -0.4 is 15.6 Å². The predicted molar refractivity (Wildman–Crippen MR) is 103 cm³/mol. The van der Waals surface area contributed by atoms with Crippen molar-refractivity contribution in [3.05, 3.63) is 47.0 Å². The molecule has 0 spiro atoms. The molecule has 0 radical (unpaired) electrons. The van der Waals surface area contributed by atoms with Gasteiger partial charge in [-0.1, -0.05) is 13.8 Å². The van der Waals surface area contributed by atoms with Crippen LogP contribution in [0.2, 0.25) is 0 Å². The van der Waals surface area contributed by atoms with Crippen molar-refractivity contribution in [2.75, 3.05) is 0 Å². The van der Waals surface area contributed by atoms with Crippen LogP contribution in [0.1, 0.15) is 37.7 Å². The zero-order chi connectivity index (χ0) is 20.8. The first kappa shape index (κ1) is 21.4. The Balaban J connectivity index is 1.87. The van der Waals surface area contributed by atoms with E-state index in [1.54, 1.807) is 0 Å². The number of rotatable bonds is 7. The number of hydrogen-bond acceptors (Lipinski definition) is 4. The van der Waals surface area contributed by atoms with Crippen molar-refractivity contribution in [2.24, 2.45) is 5.92 Å². The minimum Gasteiger partial charge on any atom is -0.481 e. The van der Waals surface area contributed by atoms with Crippen molar-refractivity contribution in [1.29, 1.82) is 0 Å². The number of aromatic nitrogens is 2. The summed E-state index contributed by atoms with van der Waals surface area (Å²) in [6, 6.07) is 5.34. The molecular weight excluding hydrogens is 363 g/mol. The summed E-state index contributed by atoms with van der Waals surface area (Å²) in [5.41, 5.74) is 7.34. The second kappa shape index (κ2) is 9.34. The molecule has 28 heavy (non-hydrogen) atoms. The van der Waals surface area contributed by atoms with Crippen molar-refractivity contribution in [3.8, 4) is 5.75 Å². The normalized spacial score (nSPS) is 12.0. The number of amides is 2. The third-order valence-corrected chi connectivity index (χ3v) is 4.23. The zero-order valence-corrected chi connectivity index (χ0v) is 16.9. The van der Waals surface area contributed by atoms with Crippen molar-refractivity contribution < 1.29 is 18.7 Å². The summed E-state index contributed by atoms with van der Waals surface area (Å²) in [6.45, 7) is 10.3. The Kier molecular flexibility index (Phi) is 7.14. The first-order valence-electron chi connectivity index (χ1n) is 9.21. The van der Waals surface area contributed by atoms with Gasteiger partial charge in [0.25, 0.3) is 5.91 Å². The summed E-state index contributed by atoms with van der Waals surface area (Å²) in [7, 11) is 0. The molecule has 0 saturated carbocycles. The maximum atomic E-state index is 12.9. The standard InChI is InChI=1S/C20H27FN4O3/c1-12(2)11-25-14(4)18(13(3)24-25)10-19(26)22-23-20(27)15(5)28-17-8-6-16(21)7-9-17/h6-9,12,15H,10-11H2,1-5H3,(H,22,26)(H,23,27)/t15-/m1/s1. The van der Waals surface area contributed by atoms with Gasteiger partial charge in [-0.05, 0) is 51.0 Å². The highest BCUT2D eigenvalue weighted by atomic mass is 19.1. The Labute approximate surface area is 164 Å². The fourth-order valence-corrected chi connectivity index (χ4v) is 2.72. The molecule has 0 saturated heterocycles. The molecule has 152 valence electrons. The van der Waals surface area contributed by atoms with Gasteiger partial charge in [0.2, 0.25) is 5.91 Å². The monoisotopic (exact) mass is 390 g/mol. The van der Waals surface area contributed by atoms with Crippen LogP contribution in [0.25, 0.3) is 0 Å². The first-order chi connectivity index (χ1) is 13.2. The summed E-state index contributed by atoms with van der Waals surface area (Å²) < 4.78 is 20.2. The third kappa shape index (κ3) is 5.80. The Morgan fingerprint density at radius 1 is 1.14 bits per heavy atom. The van der Waals surface area contributed by atoms with E-state index in [0.717, 1.165) is 23.5 Å². The average Bonchev–Trinajstić information content (AvgIpc) is 2.88. The lowest BCUT2D eigenvalue weighted by atomic mass is 10.1. The van der Waals surface area contributed by atoms with Crippen molar-refractivity contribution in [3.63, 3.8) is 0 Å². The molecule has 0 aliphatic heterocycles. The maximum Gasteiger partial charge on any atom is 0.279 e. The second-order valence-electron chi connectivity index (χ2n) is 7.15. The zero-order valence-electron chi connectivity index (χ0n) is 16.9. The highest BCUT2D eigenvalue weighted by Gasteiger charge is 2.18. The average molecular weight is 390 g/mol. The van der Waals surface area contributed by atoms with Gasteiger partial charge in [-0.15, -0.1) is 0 Å². The lowest BCUT2D eigenvalue weighted by molar-refractivity contribution is -0.132. The Morgan fingerprint density at radius 3 is 2.39 bits per heavy atom. The molecule has 1 aromatic heterocycles. The van der Waals surface area contributed by atoms with Crippen LogP contribution in [0, 0.1) is 25.6 Å². The summed E-state index contributed by atoms with van der Waals surface area (Å²) in [6.07, 6.45) is -0.744. The fraction of sp³-hybridized carbons (Fsp3) is 0.450. The fourth-order valence-electron chi connectivity index (χ4n) is 2.72. The minimum absolute atomic E-state index is 0.114. The Hall–Kier alpha value is -2.90. The van der Waals surface area contributed by atoms with E-state index in [2.05, 4.69) is 29.8 Å². The van der Waals surface area contributed by atoms with E-state index in [1.807, 2.05) is 18.5 Å². The van der Waals surface area contributed by atoms with Crippen LogP contribution >= 0.6 is 0 Å². The number of halogens is 1. The van der Waals surface area contributed by atoms with Gasteiger partial charge in [0.15, 0.2) is 6.10 Å². The predicted octanol–water partition coefficient (Wildman–Crippen LogP) is 2.45. The van der Waals surface area contributed by atoms with Crippen LogP contribution in [0.3, 0.4) is 0 Å². The molecule has 1 atom stereocenters. The smallest absolute Gasteiger partial charge is 0.279 e. The van der Waals surface area contributed by atoms with Gasteiger partial charge < -0.3 is 4.74 Å². The number of benzene rings is 1. The van der Waals surface area contributed by atoms with E-state index in [9.17, 15) is 14.0 Å². The SMILES string of the molecule is Cc1nn(CC(C)C)c(C)c1CC(=O)NNC(=O)[C@@H](C)Oc1ccc(F)cc1. The van der Waals surface area contributed by atoms with Crippen molar-refractivity contribution in [2.45, 2.75) is 53.7 Å². The highest BCUT2D eigenvalue weighted by molar-refractivity contribution is 5.85. The number of carbonyl (C=O) groups is 2. The van der Waals surface area contributed by atoms with Crippen molar-refractivity contribution in [1.82, 2.24) is 20.6 Å². The van der Waals surface area contributed by atoms with E-state index in [-0.39, 0.29) is 18.1 Å². The molecule has 0 aliphatic rings. The number of hydrogen-bond donors (Lipinski definition) is 2. The highest BCUT2D eigenvalue weighted by Crippen LogP contribution is 2.15. The molecule has 0 unspecified atom stereocenters. The van der Waals surface area contributed by atoms with Gasteiger partial charge >= 0.3 is 0 Å². The summed E-state index contributed by atoms with van der Waals surface area (Å²) in [5, 5.41) is 4.48. The van der Waals surface area contributed by atoms with E-state index in [4.69, 9.17) is 4.74 Å². The number of nitrogens with one attached hydrogen (secondary N) is 2. The first-order valence-corrected chi connectivity index (χ1v) is 9.21. The molecular formula is C20H27FN4O3. The molecule has 1 aromatic carbocycles. The molecule has 0 bridgehead atoms. The van der Waals surface area contributed by atoms with Gasteiger partial charge in [0.1, 0.15) is 11.6 Å². The van der Waals surface area contributed by atoms with E-state index >= 15 is 0 Å². The van der Waals surface area contributed by atoms with Crippen LogP contribution in [-0.2, 0) is 22.6 Å². The molecule has 0 aliphatic carbocycles. The minimum atomic E-state index is -0.858. The summed E-state index contributed by atoms with van der Waals surface area (Å²) in [5.74, 6) is -0.445. The van der Waals surface area contributed by atoms with E-state index < -0.39 is 12.0 Å². The number of nitrogens with zero attached hydrogens (tertiary/aromatic N) is 2. The quantitative estimate of drug-likeness (QED) is 0.711. The van der Waals surface area contributed by atoms with Crippen LogP contribution in [0.15, 0.2) is 24.3 Å². The second-order valence-corrected chi connectivity index (χ2v) is 7.15. The molecule has 2 aromatic rings. The van der Waals surface area contributed by atoms with Crippen LogP contribution in [-0.4, -0.2) is 27.7 Å². The van der Waals surface area contributed by atoms with Gasteiger partial charge in [0, 0.05) is 17.8 Å².